The molecule has 0 aromatic carbocycles. The van der Waals surface area contributed by atoms with Gasteiger partial charge in [-0.1, -0.05) is 38.3 Å². The molecule has 0 heterocycles. The van der Waals surface area contributed by atoms with E-state index < -0.39 is 0 Å². The Morgan fingerprint density at radius 3 is 2.73 bits per heavy atom. The van der Waals surface area contributed by atoms with E-state index in [1.165, 1.54) is 50.5 Å². The fourth-order valence-electron chi connectivity index (χ4n) is 7.21. The summed E-state index contributed by atoms with van der Waals surface area (Å²) in [5.41, 5.74) is 1.82. The van der Waals surface area contributed by atoms with E-state index in [-0.39, 0.29) is 5.41 Å². The number of hydrogen-bond donors (Lipinski definition) is 0. The molecule has 0 aliphatic heterocycles. The van der Waals surface area contributed by atoms with Gasteiger partial charge in [0.2, 0.25) is 0 Å². The minimum absolute atomic E-state index is 0.103. The Morgan fingerprint density at radius 2 is 1.95 bits per heavy atom. The van der Waals surface area contributed by atoms with Crippen LogP contribution < -0.4 is 0 Å². The molecule has 0 aromatic rings. The van der Waals surface area contributed by atoms with Gasteiger partial charge in [0.1, 0.15) is 5.78 Å². The highest BCUT2D eigenvalue weighted by Gasteiger charge is 2.60. The van der Waals surface area contributed by atoms with E-state index in [9.17, 15) is 4.79 Å². The number of Topliss-reactive ketones (excluding diaryl/α,β-unsaturated/α-hetero) is 1. The monoisotopic (exact) mass is 300 g/mol. The third-order valence-electron chi connectivity index (χ3n) is 8.57. The van der Waals surface area contributed by atoms with Crippen molar-refractivity contribution in [1.82, 2.24) is 0 Å². The average Bonchev–Trinajstić information content (AvgIpc) is 2.86. The molecule has 4 rings (SSSR count). The SMILES string of the molecule is CCC1=CC[C@H]2[C@@H]3CC[C@H]4CCCC[C@]4(C)[C@H]3CC(=O)[C@]12C. The van der Waals surface area contributed by atoms with Crippen LogP contribution in [-0.2, 0) is 4.79 Å². The van der Waals surface area contributed by atoms with Crippen molar-refractivity contribution >= 4 is 5.78 Å². The van der Waals surface area contributed by atoms with Gasteiger partial charge in [-0.15, -0.1) is 0 Å². The molecule has 0 amide bonds. The van der Waals surface area contributed by atoms with E-state index in [2.05, 4.69) is 26.8 Å². The van der Waals surface area contributed by atoms with Gasteiger partial charge < -0.3 is 0 Å². The van der Waals surface area contributed by atoms with Crippen LogP contribution in [-0.4, -0.2) is 5.78 Å². The topological polar surface area (TPSA) is 17.1 Å². The van der Waals surface area contributed by atoms with Gasteiger partial charge in [0.15, 0.2) is 0 Å². The summed E-state index contributed by atoms with van der Waals surface area (Å²) in [5, 5.41) is 0. The molecule has 22 heavy (non-hydrogen) atoms. The van der Waals surface area contributed by atoms with Crippen LogP contribution in [0.25, 0.3) is 0 Å². The van der Waals surface area contributed by atoms with Crippen LogP contribution in [0.1, 0.15) is 78.6 Å². The van der Waals surface area contributed by atoms with Gasteiger partial charge in [-0.05, 0) is 74.5 Å². The maximum Gasteiger partial charge on any atom is 0.143 e. The fourth-order valence-corrected chi connectivity index (χ4v) is 7.21. The fraction of sp³-hybridized carbons (Fsp3) is 0.857. The summed E-state index contributed by atoms with van der Waals surface area (Å²) in [5.74, 6) is 3.59. The summed E-state index contributed by atoms with van der Waals surface area (Å²) in [6, 6.07) is 0. The van der Waals surface area contributed by atoms with E-state index in [4.69, 9.17) is 0 Å². The number of fused-ring (bicyclic) bond motifs is 5. The molecular formula is C21H32O. The Labute approximate surface area is 135 Å². The lowest BCUT2D eigenvalue weighted by Crippen LogP contribution is -2.55. The largest absolute Gasteiger partial charge is 0.299 e. The lowest BCUT2D eigenvalue weighted by Gasteiger charge is -2.59. The van der Waals surface area contributed by atoms with Crippen molar-refractivity contribution in [2.24, 2.45) is 34.5 Å². The van der Waals surface area contributed by atoms with Gasteiger partial charge in [0.05, 0.1) is 5.41 Å². The van der Waals surface area contributed by atoms with Crippen molar-refractivity contribution < 1.29 is 4.79 Å². The molecule has 0 spiro atoms. The van der Waals surface area contributed by atoms with Crippen molar-refractivity contribution in [2.75, 3.05) is 0 Å². The number of carbonyl (C=O) groups is 1. The molecule has 0 radical (unpaired) electrons. The normalized spacial score (nSPS) is 50.9. The zero-order valence-corrected chi connectivity index (χ0v) is 14.7. The van der Waals surface area contributed by atoms with Crippen LogP contribution in [0.2, 0.25) is 0 Å². The summed E-state index contributed by atoms with van der Waals surface area (Å²) in [6.07, 6.45) is 14.0. The molecule has 1 nitrogen and oxygen atoms in total. The van der Waals surface area contributed by atoms with E-state index in [1.54, 1.807) is 0 Å². The molecule has 0 aromatic heterocycles. The summed E-state index contributed by atoms with van der Waals surface area (Å²) < 4.78 is 0. The molecule has 0 bridgehead atoms. The predicted molar refractivity (Wildman–Crippen MR) is 90.5 cm³/mol. The third-order valence-corrected chi connectivity index (χ3v) is 8.57. The van der Waals surface area contributed by atoms with Gasteiger partial charge in [-0.25, -0.2) is 0 Å². The van der Waals surface area contributed by atoms with E-state index in [0.717, 1.165) is 24.7 Å². The first-order chi connectivity index (χ1) is 10.5. The Bertz CT molecular complexity index is 518. The molecule has 3 fully saturated rings. The summed E-state index contributed by atoms with van der Waals surface area (Å²) in [6.45, 7) is 7.07. The van der Waals surface area contributed by atoms with Gasteiger partial charge >= 0.3 is 0 Å². The maximum atomic E-state index is 13.2. The molecule has 3 saturated carbocycles. The van der Waals surface area contributed by atoms with Gasteiger partial charge in [-0.3, -0.25) is 4.79 Å². The van der Waals surface area contributed by atoms with Crippen molar-refractivity contribution in [3.05, 3.63) is 11.6 Å². The molecule has 4 aliphatic rings. The van der Waals surface area contributed by atoms with E-state index in [0.29, 0.717) is 23.0 Å². The second-order valence-corrected chi connectivity index (χ2v) is 9.05. The lowest BCUT2D eigenvalue weighted by molar-refractivity contribution is -0.149. The van der Waals surface area contributed by atoms with Crippen molar-refractivity contribution in [3.63, 3.8) is 0 Å². The summed E-state index contributed by atoms with van der Waals surface area (Å²) in [7, 11) is 0. The minimum Gasteiger partial charge on any atom is -0.299 e. The Balaban J connectivity index is 1.70. The van der Waals surface area contributed by atoms with Crippen molar-refractivity contribution in [3.8, 4) is 0 Å². The van der Waals surface area contributed by atoms with Crippen LogP contribution in [0.15, 0.2) is 11.6 Å². The first kappa shape index (κ1) is 15.0. The second-order valence-electron chi connectivity index (χ2n) is 9.05. The predicted octanol–water partition coefficient (Wildman–Crippen LogP) is 5.54. The van der Waals surface area contributed by atoms with Crippen LogP contribution >= 0.6 is 0 Å². The second kappa shape index (κ2) is 4.95. The number of ketones is 1. The quantitative estimate of drug-likeness (QED) is 0.581. The minimum atomic E-state index is -0.103. The molecule has 4 aliphatic carbocycles. The van der Waals surface area contributed by atoms with Crippen LogP contribution in [0.4, 0.5) is 0 Å². The van der Waals surface area contributed by atoms with Gasteiger partial charge in [0, 0.05) is 6.42 Å². The average molecular weight is 300 g/mol. The van der Waals surface area contributed by atoms with Crippen molar-refractivity contribution in [1.29, 1.82) is 0 Å². The highest BCUT2D eigenvalue weighted by Crippen LogP contribution is 2.65. The molecule has 0 unspecified atom stereocenters. The number of hydrogen-bond acceptors (Lipinski definition) is 1. The maximum absolute atomic E-state index is 13.2. The molecule has 0 N–H and O–H groups in total. The highest BCUT2D eigenvalue weighted by molar-refractivity contribution is 5.89. The number of allylic oxidation sites excluding steroid dienone is 2. The molecule has 6 atom stereocenters. The zero-order valence-electron chi connectivity index (χ0n) is 14.7. The van der Waals surface area contributed by atoms with Crippen LogP contribution in [0.3, 0.4) is 0 Å². The van der Waals surface area contributed by atoms with E-state index in [1.807, 2.05) is 0 Å². The third kappa shape index (κ3) is 1.74. The van der Waals surface area contributed by atoms with E-state index >= 15 is 0 Å². The van der Waals surface area contributed by atoms with Gasteiger partial charge in [0.25, 0.3) is 0 Å². The molecule has 1 heteroatoms. The smallest absolute Gasteiger partial charge is 0.143 e. The van der Waals surface area contributed by atoms with Crippen molar-refractivity contribution in [2.45, 2.75) is 78.6 Å². The Morgan fingerprint density at radius 1 is 1.14 bits per heavy atom. The highest BCUT2D eigenvalue weighted by atomic mass is 16.1. The first-order valence-corrected chi connectivity index (χ1v) is 9.74. The standard InChI is InChI=1S/C21H32O/c1-4-14-9-11-17-16-10-8-15-7-5-6-12-20(15,2)18(16)13-19(22)21(14,17)3/h9,15-18H,4-8,10-13H2,1-3H3/t15-,16+,17+,18+,20+,21-/m1/s1. The van der Waals surface area contributed by atoms with Gasteiger partial charge in [-0.2, -0.15) is 0 Å². The summed E-state index contributed by atoms with van der Waals surface area (Å²) in [4.78, 5) is 13.2. The Kier molecular flexibility index (Phi) is 3.37. The zero-order chi connectivity index (χ0) is 15.5. The van der Waals surface area contributed by atoms with Crippen LogP contribution in [0.5, 0.6) is 0 Å². The molecule has 0 saturated heterocycles. The van der Waals surface area contributed by atoms with Crippen LogP contribution in [0, 0.1) is 34.5 Å². The summed E-state index contributed by atoms with van der Waals surface area (Å²) >= 11 is 0. The number of carbonyl (C=O) groups excluding carboxylic acids is 1. The Hall–Kier alpha value is -0.590. The number of rotatable bonds is 1. The molecule has 122 valence electrons. The molecular weight excluding hydrogens is 268 g/mol. The first-order valence-electron chi connectivity index (χ1n) is 9.74. The lowest BCUT2D eigenvalue weighted by atomic mass is 9.44.